The van der Waals surface area contributed by atoms with Crippen molar-refractivity contribution in [1.82, 2.24) is 19.7 Å². The standard InChI is InChI=1S/C17H15F3N6O3/c1-29-13-3-2-11(18)10(15(13)20)5-21-16-12(19)6-22-17(25-16)24-9-4-23-26(7-9)8-14(27)28/h2-4,6-7H,5,8H2,1H3,(H,27,28)(H2,21,22,24,25). The summed E-state index contributed by atoms with van der Waals surface area (Å²) < 4.78 is 48.1. The number of hydrogen-bond donors (Lipinski definition) is 3. The first-order valence-corrected chi connectivity index (χ1v) is 8.16. The second-order valence-electron chi connectivity index (χ2n) is 5.73. The third kappa shape index (κ3) is 4.72. The van der Waals surface area contributed by atoms with Crippen LogP contribution in [-0.4, -0.2) is 37.9 Å². The third-order valence-corrected chi connectivity index (χ3v) is 3.73. The number of anilines is 3. The van der Waals surface area contributed by atoms with Gasteiger partial charge in [-0.1, -0.05) is 0 Å². The molecule has 0 aliphatic heterocycles. The van der Waals surface area contributed by atoms with Crippen molar-refractivity contribution in [3.8, 4) is 5.75 Å². The van der Waals surface area contributed by atoms with Gasteiger partial charge in [-0.3, -0.25) is 9.48 Å². The van der Waals surface area contributed by atoms with Crippen LogP contribution in [0.4, 0.5) is 30.6 Å². The molecular formula is C17H15F3N6O3. The Labute approximate surface area is 162 Å². The summed E-state index contributed by atoms with van der Waals surface area (Å²) in [6, 6.07) is 2.18. The third-order valence-electron chi connectivity index (χ3n) is 3.73. The molecule has 2 heterocycles. The van der Waals surface area contributed by atoms with E-state index in [2.05, 4.69) is 25.7 Å². The van der Waals surface area contributed by atoms with E-state index in [1.54, 1.807) is 0 Å². The van der Waals surface area contributed by atoms with Crippen molar-refractivity contribution >= 4 is 23.4 Å². The number of carboxylic acid groups (broad SMARTS) is 1. The Hall–Kier alpha value is -3.83. The van der Waals surface area contributed by atoms with Gasteiger partial charge in [0.2, 0.25) is 5.95 Å². The van der Waals surface area contributed by atoms with Crippen molar-refractivity contribution in [3.63, 3.8) is 0 Å². The zero-order valence-electron chi connectivity index (χ0n) is 15.0. The lowest BCUT2D eigenvalue weighted by atomic mass is 10.2. The maximum Gasteiger partial charge on any atom is 0.325 e. The Kier molecular flexibility index (Phi) is 5.81. The smallest absolute Gasteiger partial charge is 0.325 e. The Morgan fingerprint density at radius 2 is 2.03 bits per heavy atom. The summed E-state index contributed by atoms with van der Waals surface area (Å²) in [5.74, 6) is -4.10. The SMILES string of the molecule is COc1ccc(F)c(CNc2nc(Nc3cnn(CC(=O)O)c3)ncc2F)c1F. The molecule has 0 bridgehead atoms. The molecule has 0 unspecified atom stereocenters. The second kappa shape index (κ2) is 8.46. The number of rotatable bonds is 8. The average molecular weight is 408 g/mol. The van der Waals surface area contributed by atoms with Gasteiger partial charge in [0.05, 0.1) is 25.2 Å². The minimum Gasteiger partial charge on any atom is -0.494 e. The molecule has 0 fully saturated rings. The van der Waals surface area contributed by atoms with Crippen LogP contribution < -0.4 is 15.4 Å². The molecule has 0 spiro atoms. The maximum atomic E-state index is 14.2. The van der Waals surface area contributed by atoms with Crippen LogP contribution in [-0.2, 0) is 17.9 Å². The first kappa shape index (κ1) is 19.9. The van der Waals surface area contributed by atoms with Crippen molar-refractivity contribution in [2.75, 3.05) is 17.7 Å². The lowest BCUT2D eigenvalue weighted by Gasteiger charge is -2.11. The number of aliphatic carboxylic acids is 1. The van der Waals surface area contributed by atoms with Gasteiger partial charge in [0, 0.05) is 18.3 Å². The number of carboxylic acids is 1. The molecule has 3 aromatic rings. The fraction of sp³-hybridized carbons (Fsp3) is 0.176. The Morgan fingerprint density at radius 3 is 2.76 bits per heavy atom. The Morgan fingerprint density at radius 1 is 1.24 bits per heavy atom. The first-order valence-electron chi connectivity index (χ1n) is 8.16. The molecule has 12 heteroatoms. The number of nitrogens with zero attached hydrogens (tertiary/aromatic N) is 4. The average Bonchev–Trinajstić information content (AvgIpc) is 3.10. The number of aromatic nitrogens is 4. The largest absolute Gasteiger partial charge is 0.494 e. The summed E-state index contributed by atoms with van der Waals surface area (Å²) in [6.07, 6.45) is 3.61. The second-order valence-corrected chi connectivity index (χ2v) is 5.73. The van der Waals surface area contributed by atoms with Gasteiger partial charge in [-0.2, -0.15) is 10.1 Å². The molecule has 9 nitrogen and oxygen atoms in total. The maximum absolute atomic E-state index is 14.2. The van der Waals surface area contributed by atoms with E-state index in [0.29, 0.717) is 5.69 Å². The van der Waals surface area contributed by atoms with E-state index in [1.165, 1.54) is 24.2 Å². The highest BCUT2D eigenvalue weighted by Gasteiger charge is 2.16. The molecule has 0 aliphatic rings. The molecule has 152 valence electrons. The first-order chi connectivity index (χ1) is 13.9. The molecule has 0 saturated carbocycles. The van der Waals surface area contributed by atoms with E-state index in [1.807, 2.05) is 0 Å². The highest BCUT2D eigenvalue weighted by Crippen LogP contribution is 2.24. The van der Waals surface area contributed by atoms with E-state index in [9.17, 15) is 18.0 Å². The van der Waals surface area contributed by atoms with Crippen LogP contribution in [0, 0.1) is 17.5 Å². The predicted octanol–water partition coefficient (Wildman–Crippen LogP) is 2.54. The molecule has 3 rings (SSSR count). The van der Waals surface area contributed by atoms with Crippen molar-refractivity contribution in [2.45, 2.75) is 13.1 Å². The molecule has 29 heavy (non-hydrogen) atoms. The zero-order chi connectivity index (χ0) is 21.0. The molecular weight excluding hydrogens is 393 g/mol. The van der Waals surface area contributed by atoms with E-state index >= 15 is 0 Å². The van der Waals surface area contributed by atoms with Gasteiger partial charge in [0.1, 0.15) is 12.4 Å². The highest BCUT2D eigenvalue weighted by molar-refractivity contribution is 5.66. The van der Waals surface area contributed by atoms with Crippen LogP contribution >= 0.6 is 0 Å². The van der Waals surface area contributed by atoms with E-state index in [-0.39, 0.29) is 29.6 Å². The predicted molar refractivity (Wildman–Crippen MR) is 95.4 cm³/mol. The van der Waals surface area contributed by atoms with E-state index < -0.39 is 30.0 Å². The lowest BCUT2D eigenvalue weighted by molar-refractivity contribution is -0.137. The lowest BCUT2D eigenvalue weighted by Crippen LogP contribution is -2.10. The fourth-order valence-corrected chi connectivity index (χ4v) is 2.40. The fourth-order valence-electron chi connectivity index (χ4n) is 2.40. The number of hydrogen-bond acceptors (Lipinski definition) is 7. The van der Waals surface area contributed by atoms with Crippen LogP contribution in [0.3, 0.4) is 0 Å². The van der Waals surface area contributed by atoms with Gasteiger partial charge < -0.3 is 20.5 Å². The number of halogens is 3. The Bertz CT molecular complexity index is 1040. The summed E-state index contributed by atoms with van der Waals surface area (Å²) in [6.45, 7) is -0.727. The topological polar surface area (TPSA) is 114 Å². The molecule has 2 aromatic heterocycles. The number of methoxy groups -OCH3 is 1. The minimum atomic E-state index is -1.07. The molecule has 0 amide bonds. The molecule has 1 aromatic carbocycles. The summed E-state index contributed by atoms with van der Waals surface area (Å²) in [4.78, 5) is 18.4. The number of ether oxygens (including phenoxy) is 1. The number of nitrogens with one attached hydrogen (secondary N) is 2. The molecule has 0 radical (unpaired) electrons. The van der Waals surface area contributed by atoms with Crippen molar-refractivity contribution in [1.29, 1.82) is 0 Å². The van der Waals surface area contributed by atoms with Crippen molar-refractivity contribution in [2.24, 2.45) is 0 Å². The normalized spacial score (nSPS) is 10.6. The summed E-state index contributed by atoms with van der Waals surface area (Å²) in [5, 5.41) is 17.8. The molecule has 0 aliphatic carbocycles. The van der Waals surface area contributed by atoms with Crippen molar-refractivity contribution in [3.05, 3.63) is 53.7 Å². The molecule has 0 saturated heterocycles. The van der Waals surface area contributed by atoms with Gasteiger partial charge >= 0.3 is 5.97 Å². The minimum absolute atomic E-state index is 0.0321. The van der Waals surface area contributed by atoms with Crippen LogP contribution in [0.15, 0.2) is 30.7 Å². The van der Waals surface area contributed by atoms with Crippen LogP contribution in [0.5, 0.6) is 5.75 Å². The molecule has 3 N–H and O–H groups in total. The van der Waals surface area contributed by atoms with Gasteiger partial charge in [-0.15, -0.1) is 0 Å². The zero-order valence-corrected chi connectivity index (χ0v) is 15.0. The number of benzene rings is 1. The monoisotopic (exact) mass is 408 g/mol. The summed E-state index contributed by atoms with van der Waals surface area (Å²) in [5.41, 5.74) is 0.0283. The van der Waals surface area contributed by atoms with Crippen molar-refractivity contribution < 1.29 is 27.8 Å². The summed E-state index contributed by atoms with van der Waals surface area (Å²) >= 11 is 0. The summed E-state index contributed by atoms with van der Waals surface area (Å²) in [7, 11) is 1.24. The quantitative estimate of drug-likeness (QED) is 0.521. The van der Waals surface area contributed by atoms with Gasteiger partial charge in [-0.05, 0) is 12.1 Å². The highest BCUT2D eigenvalue weighted by atomic mass is 19.1. The van der Waals surface area contributed by atoms with Crippen LogP contribution in [0.2, 0.25) is 0 Å². The van der Waals surface area contributed by atoms with Crippen LogP contribution in [0.25, 0.3) is 0 Å². The number of carbonyl (C=O) groups is 1. The Balaban J connectivity index is 1.75. The van der Waals surface area contributed by atoms with E-state index in [4.69, 9.17) is 9.84 Å². The van der Waals surface area contributed by atoms with Gasteiger partial charge in [0.15, 0.2) is 23.2 Å². The van der Waals surface area contributed by atoms with Gasteiger partial charge in [-0.25, -0.2) is 18.2 Å². The van der Waals surface area contributed by atoms with Gasteiger partial charge in [0.25, 0.3) is 0 Å². The van der Waals surface area contributed by atoms with Crippen LogP contribution in [0.1, 0.15) is 5.56 Å². The van der Waals surface area contributed by atoms with E-state index in [0.717, 1.165) is 18.3 Å². The molecule has 0 atom stereocenters.